The summed E-state index contributed by atoms with van der Waals surface area (Å²) in [7, 11) is -1.56. The Hall–Kier alpha value is -2.39. The maximum atomic E-state index is 13.1. The Labute approximate surface area is 172 Å². The molecule has 0 aliphatic carbocycles. The van der Waals surface area contributed by atoms with Gasteiger partial charge in [-0.1, -0.05) is 23.9 Å². The van der Waals surface area contributed by atoms with Crippen molar-refractivity contribution in [3.8, 4) is 5.75 Å². The summed E-state index contributed by atoms with van der Waals surface area (Å²) in [5.41, 5.74) is 1.43. The lowest BCUT2D eigenvalue weighted by molar-refractivity contribution is -0.117. The van der Waals surface area contributed by atoms with Crippen LogP contribution in [-0.4, -0.2) is 49.4 Å². The number of ether oxygens (including phenoxy) is 1. The third kappa shape index (κ3) is 4.30. The van der Waals surface area contributed by atoms with Gasteiger partial charge in [-0.25, -0.2) is 12.8 Å². The number of anilines is 1. The van der Waals surface area contributed by atoms with Crippen LogP contribution in [-0.2, 0) is 21.1 Å². The molecule has 0 aromatic heterocycles. The first-order valence-electron chi connectivity index (χ1n) is 9.01. The van der Waals surface area contributed by atoms with Crippen LogP contribution in [0.25, 0.3) is 0 Å². The number of rotatable bonds is 4. The maximum Gasteiger partial charge on any atom is 0.252 e. The van der Waals surface area contributed by atoms with E-state index in [0.717, 1.165) is 5.69 Å². The van der Waals surface area contributed by atoms with E-state index < -0.39 is 9.84 Å². The van der Waals surface area contributed by atoms with Crippen molar-refractivity contribution in [3.05, 3.63) is 59.9 Å². The highest BCUT2D eigenvalue weighted by Crippen LogP contribution is 2.41. The Morgan fingerprint density at radius 2 is 1.86 bits per heavy atom. The number of benzene rings is 2. The van der Waals surface area contributed by atoms with Crippen LogP contribution in [0.2, 0.25) is 0 Å². The summed E-state index contributed by atoms with van der Waals surface area (Å²) in [6.45, 7) is 0. The molecule has 2 heterocycles. The van der Waals surface area contributed by atoms with Gasteiger partial charge in [-0.05, 0) is 42.0 Å². The van der Waals surface area contributed by atoms with Crippen molar-refractivity contribution in [1.82, 2.24) is 0 Å². The van der Waals surface area contributed by atoms with Crippen LogP contribution in [0, 0.1) is 5.82 Å². The van der Waals surface area contributed by atoms with Gasteiger partial charge in [0, 0.05) is 10.9 Å². The number of carbonyl (C=O) groups is 1. The molecule has 0 bridgehead atoms. The molecule has 2 saturated heterocycles. The molecule has 2 atom stereocenters. The van der Waals surface area contributed by atoms with E-state index in [1.807, 2.05) is 17.0 Å². The van der Waals surface area contributed by atoms with Gasteiger partial charge in [0.1, 0.15) is 11.6 Å². The van der Waals surface area contributed by atoms with Gasteiger partial charge >= 0.3 is 0 Å². The lowest BCUT2D eigenvalue weighted by atomic mass is 10.1. The third-order valence-electron chi connectivity index (χ3n) is 4.91. The molecule has 2 fully saturated rings. The number of amides is 1. The second-order valence-corrected chi connectivity index (χ2v) is 10.3. The zero-order valence-corrected chi connectivity index (χ0v) is 17.2. The van der Waals surface area contributed by atoms with Crippen LogP contribution in [0.1, 0.15) is 5.56 Å². The highest BCUT2D eigenvalue weighted by molar-refractivity contribution is 8.16. The fourth-order valence-electron chi connectivity index (χ4n) is 3.53. The van der Waals surface area contributed by atoms with Crippen LogP contribution in [0.5, 0.6) is 5.75 Å². The SMILES string of the molecule is COc1ccc(N2C(=NC(=O)Cc3ccc(F)cc3)S[C@@H]3CS(=O)(=O)C[C@@H]32)cc1. The molecule has 0 saturated carbocycles. The predicted molar refractivity (Wildman–Crippen MR) is 112 cm³/mol. The number of hydrogen-bond donors (Lipinski definition) is 0. The first-order chi connectivity index (χ1) is 13.8. The van der Waals surface area contributed by atoms with E-state index in [2.05, 4.69) is 4.99 Å². The highest BCUT2D eigenvalue weighted by Gasteiger charge is 2.49. The molecule has 2 aliphatic rings. The van der Waals surface area contributed by atoms with Gasteiger partial charge < -0.3 is 9.64 Å². The number of amidine groups is 1. The van der Waals surface area contributed by atoms with E-state index >= 15 is 0 Å². The zero-order chi connectivity index (χ0) is 20.6. The Bertz CT molecular complexity index is 1050. The van der Waals surface area contributed by atoms with Gasteiger partial charge in [0.15, 0.2) is 15.0 Å². The summed E-state index contributed by atoms with van der Waals surface area (Å²) in [6, 6.07) is 12.7. The number of fused-ring (bicyclic) bond motifs is 1. The second kappa shape index (κ2) is 7.79. The Morgan fingerprint density at radius 3 is 2.52 bits per heavy atom. The van der Waals surface area contributed by atoms with Gasteiger partial charge in [-0.3, -0.25) is 4.79 Å². The molecule has 2 aromatic carbocycles. The molecule has 152 valence electrons. The minimum Gasteiger partial charge on any atom is -0.497 e. The van der Waals surface area contributed by atoms with Gasteiger partial charge in [-0.2, -0.15) is 4.99 Å². The van der Waals surface area contributed by atoms with Gasteiger partial charge in [0.25, 0.3) is 5.91 Å². The number of carbonyl (C=O) groups excluding carboxylic acids is 1. The number of sulfone groups is 1. The molecule has 0 N–H and O–H groups in total. The quantitative estimate of drug-likeness (QED) is 0.737. The number of halogens is 1. The second-order valence-electron chi connectivity index (χ2n) is 6.96. The van der Waals surface area contributed by atoms with Crippen LogP contribution >= 0.6 is 11.8 Å². The van der Waals surface area contributed by atoms with E-state index in [1.54, 1.807) is 31.4 Å². The minimum absolute atomic E-state index is 0.0296. The molecular formula is C20H19FN2O4S2. The van der Waals surface area contributed by atoms with Crippen LogP contribution in [0.4, 0.5) is 10.1 Å². The van der Waals surface area contributed by atoms with Crippen molar-refractivity contribution in [2.24, 2.45) is 4.99 Å². The predicted octanol–water partition coefficient (Wildman–Crippen LogP) is 2.68. The summed E-state index contributed by atoms with van der Waals surface area (Å²) in [4.78, 5) is 18.6. The van der Waals surface area contributed by atoms with Crippen LogP contribution in [0.3, 0.4) is 0 Å². The van der Waals surface area contributed by atoms with E-state index in [-0.39, 0.29) is 40.9 Å². The molecular weight excluding hydrogens is 415 g/mol. The lowest BCUT2D eigenvalue weighted by Gasteiger charge is -2.24. The van der Waals surface area contributed by atoms with Gasteiger partial charge in [0.05, 0.1) is 31.1 Å². The maximum absolute atomic E-state index is 13.1. The summed E-state index contributed by atoms with van der Waals surface area (Å²) in [5, 5.41) is 0.326. The normalized spacial score (nSPS) is 23.9. The third-order valence-corrected chi connectivity index (χ3v) is 8.12. The smallest absolute Gasteiger partial charge is 0.252 e. The molecule has 0 unspecified atom stereocenters. The topological polar surface area (TPSA) is 76.0 Å². The Kier molecular flexibility index (Phi) is 5.35. The molecule has 1 amide bonds. The molecule has 2 aliphatic heterocycles. The Balaban J connectivity index is 1.62. The number of thioether (sulfide) groups is 1. The number of aliphatic imine (C=N–C) groups is 1. The summed E-state index contributed by atoms with van der Waals surface area (Å²) in [5.74, 6) is 0.0586. The molecule has 0 spiro atoms. The summed E-state index contributed by atoms with van der Waals surface area (Å²) in [6.07, 6.45) is 0.0500. The molecule has 6 nitrogen and oxygen atoms in total. The van der Waals surface area contributed by atoms with Crippen molar-refractivity contribution in [1.29, 1.82) is 0 Å². The average Bonchev–Trinajstić information content (AvgIpc) is 3.14. The molecule has 4 rings (SSSR count). The molecule has 29 heavy (non-hydrogen) atoms. The highest BCUT2D eigenvalue weighted by atomic mass is 32.2. The summed E-state index contributed by atoms with van der Waals surface area (Å²) >= 11 is 1.32. The molecule has 9 heteroatoms. The van der Waals surface area contributed by atoms with Gasteiger partial charge in [0.2, 0.25) is 0 Å². The largest absolute Gasteiger partial charge is 0.497 e. The van der Waals surface area contributed by atoms with Crippen molar-refractivity contribution in [2.45, 2.75) is 17.7 Å². The zero-order valence-electron chi connectivity index (χ0n) is 15.6. The van der Waals surface area contributed by atoms with Crippen LogP contribution < -0.4 is 9.64 Å². The fraction of sp³-hybridized carbons (Fsp3) is 0.300. The van der Waals surface area contributed by atoms with Crippen molar-refractivity contribution >= 4 is 38.4 Å². The monoisotopic (exact) mass is 434 g/mol. The van der Waals surface area contributed by atoms with E-state index in [4.69, 9.17) is 4.74 Å². The average molecular weight is 435 g/mol. The Morgan fingerprint density at radius 1 is 1.17 bits per heavy atom. The van der Waals surface area contributed by atoms with E-state index in [0.29, 0.717) is 16.5 Å². The van der Waals surface area contributed by atoms with E-state index in [9.17, 15) is 17.6 Å². The van der Waals surface area contributed by atoms with Crippen molar-refractivity contribution in [3.63, 3.8) is 0 Å². The number of nitrogens with zero attached hydrogens (tertiary/aromatic N) is 2. The number of methoxy groups -OCH3 is 1. The standard InChI is InChI=1S/C20H19FN2O4S2/c1-27-16-8-6-15(7-9-16)23-17-11-29(25,26)12-18(17)28-20(23)22-19(24)10-13-2-4-14(21)5-3-13/h2-9,17-18H,10-12H2,1H3/t17-,18+/m0/s1. The fourth-order valence-corrected chi connectivity index (χ4v) is 7.46. The first-order valence-corrected chi connectivity index (χ1v) is 11.7. The first kappa shape index (κ1) is 19.9. The van der Waals surface area contributed by atoms with Crippen LogP contribution in [0.15, 0.2) is 53.5 Å². The van der Waals surface area contributed by atoms with Gasteiger partial charge in [-0.15, -0.1) is 0 Å². The number of hydrogen-bond acceptors (Lipinski definition) is 5. The molecule has 2 aromatic rings. The summed E-state index contributed by atoms with van der Waals surface area (Å²) < 4.78 is 42.5. The van der Waals surface area contributed by atoms with E-state index in [1.165, 1.54) is 23.9 Å². The minimum atomic E-state index is -3.13. The molecule has 0 radical (unpaired) electrons. The lowest BCUT2D eigenvalue weighted by Crippen LogP contribution is -2.37. The van der Waals surface area contributed by atoms with Crippen molar-refractivity contribution in [2.75, 3.05) is 23.5 Å². The van der Waals surface area contributed by atoms with Crippen molar-refractivity contribution < 1.29 is 22.3 Å².